The Kier molecular flexibility index (Phi) is 4.94. The third-order valence-corrected chi connectivity index (χ3v) is 4.33. The summed E-state index contributed by atoms with van der Waals surface area (Å²) in [6, 6.07) is 7.53. The highest BCUT2D eigenvalue weighted by Crippen LogP contribution is 2.22. The van der Waals surface area contributed by atoms with Crippen LogP contribution < -0.4 is 16.2 Å². The minimum atomic E-state index is -0.166. The van der Waals surface area contributed by atoms with Crippen molar-refractivity contribution in [3.8, 4) is 5.75 Å². The molecule has 1 aromatic carbocycles. The molecule has 0 radical (unpaired) electrons. The Bertz CT molecular complexity index is 946. The van der Waals surface area contributed by atoms with Crippen LogP contribution in [0.3, 0.4) is 0 Å². The van der Waals surface area contributed by atoms with E-state index in [-0.39, 0.29) is 16.8 Å². The minimum absolute atomic E-state index is 0.0497. The number of unbranched alkanes of at least 4 members (excludes halogenated alkanes) is 1. The average Bonchev–Trinajstić information content (AvgIpc) is 2.86. The van der Waals surface area contributed by atoms with Gasteiger partial charge < -0.3 is 10.5 Å². The summed E-state index contributed by atoms with van der Waals surface area (Å²) in [7, 11) is 1.61. The highest BCUT2D eigenvalue weighted by molar-refractivity contribution is 6.33. The molecular weight excluding hydrogens is 342 g/mol. The van der Waals surface area contributed by atoms with Crippen LogP contribution in [0.5, 0.6) is 5.75 Å². The second kappa shape index (κ2) is 7.14. The lowest BCUT2D eigenvalue weighted by molar-refractivity contribution is 0.414. The Morgan fingerprint density at radius 1 is 1.20 bits per heavy atom. The van der Waals surface area contributed by atoms with Crippen LogP contribution >= 0.6 is 11.6 Å². The summed E-state index contributed by atoms with van der Waals surface area (Å²) in [5.41, 5.74) is 7.50. The molecule has 0 aliphatic carbocycles. The number of imidazole rings is 1. The summed E-state index contributed by atoms with van der Waals surface area (Å²) in [5, 5.41) is 0.198. The van der Waals surface area contributed by atoms with Crippen LogP contribution in [0.1, 0.15) is 25.3 Å². The first-order valence-corrected chi connectivity index (χ1v) is 8.48. The van der Waals surface area contributed by atoms with Gasteiger partial charge in [0, 0.05) is 6.54 Å². The van der Waals surface area contributed by atoms with Crippen LogP contribution in [0.15, 0.2) is 29.1 Å². The molecule has 0 bridgehead atoms. The van der Waals surface area contributed by atoms with Crippen molar-refractivity contribution in [2.45, 2.75) is 32.9 Å². The molecule has 0 fully saturated rings. The smallest absolute Gasteiger partial charge is 0.330 e. The standard InChI is InChI=1S/C17H20ClN5O2/c1-3-4-9-22-13-14(18)20-16(19)21-15(13)23(17(22)24)10-11-5-7-12(25-2)8-6-11/h5-8H,3-4,9-10H2,1-2H3,(H2,19,20,21). The van der Waals surface area contributed by atoms with Gasteiger partial charge in [-0.25, -0.2) is 4.79 Å². The molecule has 2 aromatic heterocycles. The van der Waals surface area contributed by atoms with Crippen molar-refractivity contribution in [3.05, 3.63) is 45.5 Å². The normalized spacial score (nSPS) is 11.2. The number of anilines is 1. The first-order chi connectivity index (χ1) is 12.0. The van der Waals surface area contributed by atoms with E-state index in [2.05, 4.69) is 16.9 Å². The van der Waals surface area contributed by atoms with E-state index in [9.17, 15) is 4.79 Å². The number of aryl methyl sites for hydroxylation is 1. The fourth-order valence-electron chi connectivity index (χ4n) is 2.76. The number of rotatable bonds is 6. The van der Waals surface area contributed by atoms with Crippen molar-refractivity contribution in [3.63, 3.8) is 0 Å². The molecule has 2 heterocycles. The van der Waals surface area contributed by atoms with Crippen molar-refractivity contribution in [2.75, 3.05) is 12.8 Å². The zero-order valence-corrected chi connectivity index (χ0v) is 15.0. The summed E-state index contributed by atoms with van der Waals surface area (Å²) in [6.07, 6.45) is 1.83. The molecular formula is C17H20ClN5O2. The Labute approximate surface area is 150 Å². The quantitative estimate of drug-likeness (QED) is 0.682. The van der Waals surface area contributed by atoms with E-state index in [1.807, 2.05) is 24.3 Å². The summed E-state index contributed by atoms with van der Waals surface area (Å²) in [6.45, 7) is 3.00. The van der Waals surface area contributed by atoms with Crippen molar-refractivity contribution < 1.29 is 4.74 Å². The lowest BCUT2D eigenvalue weighted by Crippen LogP contribution is -2.25. The van der Waals surface area contributed by atoms with Crippen molar-refractivity contribution in [2.24, 2.45) is 0 Å². The van der Waals surface area contributed by atoms with Crippen molar-refractivity contribution in [1.29, 1.82) is 0 Å². The molecule has 3 rings (SSSR count). The van der Waals surface area contributed by atoms with Gasteiger partial charge in [0.15, 0.2) is 10.8 Å². The minimum Gasteiger partial charge on any atom is -0.497 e. The van der Waals surface area contributed by atoms with Gasteiger partial charge in [0.25, 0.3) is 0 Å². The van der Waals surface area contributed by atoms with Crippen LogP contribution in [0.25, 0.3) is 11.2 Å². The second-order valence-electron chi connectivity index (χ2n) is 5.77. The fourth-order valence-corrected chi connectivity index (χ4v) is 3.04. The number of hydrogen-bond acceptors (Lipinski definition) is 5. The molecule has 0 spiro atoms. The van der Waals surface area contributed by atoms with E-state index < -0.39 is 0 Å². The van der Waals surface area contributed by atoms with Gasteiger partial charge in [-0.05, 0) is 24.1 Å². The highest BCUT2D eigenvalue weighted by Gasteiger charge is 2.19. The van der Waals surface area contributed by atoms with E-state index in [4.69, 9.17) is 22.1 Å². The summed E-state index contributed by atoms with van der Waals surface area (Å²) in [5.74, 6) is 0.810. The van der Waals surface area contributed by atoms with Gasteiger partial charge >= 0.3 is 5.69 Å². The van der Waals surface area contributed by atoms with Crippen LogP contribution in [-0.4, -0.2) is 26.2 Å². The highest BCUT2D eigenvalue weighted by atomic mass is 35.5. The molecule has 0 unspecified atom stereocenters. The predicted molar refractivity (Wildman–Crippen MR) is 98.2 cm³/mol. The molecule has 8 heteroatoms. The lowest BCUT2D eigenvalue weighted by atomic mass is 10.2. The average molecular weight is 362 g/mol. The Hall–Kier alpha value is -2.54. The van der Waals surface area contributed by atoms with E-state index in [1.165, 1.54) is 0 Å². The van der Waals surface area contributed by atoms with E-state index in [1.54, 1.807) is 16.2 Å². The SMILES string of the molecule is CCCCn1c(=O)n(Cc2ccc(OC)cc2)c2nc(N)nc(Cl)c21. The van der Waals surface area contributed by atoms with Gasteiger partial charge in [-0.15, -0.1) is 0 Å². The van der Waals surface area contributed by atoms with Gasteiger partial charge in [0.05, 0.1) is 13.7 Å². The maximum absolute atomic E-state index is 12.9. The first kappa shape index (κ1) is 17.3. The number of methoxy groups -OCH3 is 1. The Morgan fingerprint density at radius 3 is 2.56 bits per heavy atom. The largest absolute Gasteiger partial charge is 0.497 e. The zero-order chi connectivity index (χ0) is 18.0. The second-order valence-corrected chi connectivity index (χ2v) is 6.12. The number of nitrogen functional groups attached to an aromatic ring is 1. The van der Waals surface area contributed by atoms with Crippen LogP contribution in [0, 0.1) is 0 Å². The third kappa shape index (κ3) is 3.32. The first-order valence-electron chi connectivity index (χ1n) is 8.10. The number of hydrogen-bond donors (Lipinski definition) is 1. The maximum Gasteiger partial charge on any atom is 0.330 e. The molecule has 3 aromatic rings. The number of halogens is 1. The maximum atomic E-state index is 12.9. The summed E-state index contributed by atoms with van der Waals surface area (Å²) >= 11 is 6.25. The topological polar surface area (TPSA) is 88.0 Å². The van der Waals surface area contributed by atoms with E-state index in [0.29, 0.717) is 24.3 Å². The molecule has 2 N–H and O–H groups in total. The van der Waals surface area contributed by atoms with E-state index in [0.717, 1.165) is 24.2 Å². The van der Waals surface area contributed by atoms with Crippen LogP contribution in [0.2, 0.25) is 5.15 Å². The molecule has 0 aliphatic heterocycles. The monoisotopic (exact) mass is 361 g/mol. The summed E-state index contributed by atoms with van der Waals surface area (Å²) in [4.78, 5) is 21.2. The van der Waals surface area contributed by atoms with Gasteiger partial charge in [-0.2, -0.15) is 9.97 Å². The van der Waals surface area contributed by atoms with Gasteiger partial charge in [-0.3, -0.25) is 9.13 Å². The molecule has 7 nitrogen and oxygen atoms in total. The van der Waals surface area contributed by atoms with Crippen LogP contribution in [0.4, 0.5) is 5.95 Å². The zero-order valence-electron chi connectivity index (χ0n) is 14.2. The van der Waals surface area contributed by atoms with Crippen LogP contribution in [-0.2, 0) is 13.1 Å². The molecule has 0 saturated heterocycles. The predicted octanol–water partition coefficient (Wildman–Crippen LogP) is 2.69. The number of fused-ring (bicyclic) bond motifs is 1. The number of nitrogens with zero attached hydrogens (tertiary/aromatic N) is 4. The summed E-state index contributed by atoms with van der Waals surface area (Å²) < 4.78 is 8.38. The van der Waals surface area contributed by atoms with Gasteiger partial charge in [0.2, 0.25) is 5.95 Å². The van der Waals surface area contributed by atoms with Crippen molar-refractivity contribution in [1.82, 2.24) is 19.1 Å². The number of nitrogens with two attached hydrogens (primary N) is 1. The lowest BCUT2D eigenvalue weighted by Gasteiger charge is -2.05. The number of benzene rings is 1. The van der Waals surface area contributed by atoms with Crippen molar-refractivity contribution >= 4 is 28.7 Å². The number of ether oxygens (including phenoxy) is 1. The van der Waals surface area contributed by atoms with Gasteiger partial charge in [-0.1, -0.05) is 37.1 Å². The fraction of sp³-hybridized carbons (Fsp3) is 0.353. The molecule has 0 atom stereocenters. The molecule has 132 valence electrons. The van der Waals surface area contributed by atoms with E-state index >= 15 is 0 Å². The van der Waals surface area contributed by atoms with Gasteiger partial charge in [0.1, 0.15) is 11.3 Å². The molecule has 0 amide bonds. The Morgan fingerprint density at radius 2 is 1.92 bits per heavy atom. The number of aromatic nitrogens is 4. The molecule has 25 heavy (non-hydrogen) atoms. The third-order valence-electron chi connectivity index (χ3n) is 4.06. The molecule has 0 saturated carbocycles. The Balaban J connectivity index is 2.12. The molecule has 0 aliphatic rings.